The molecule has 0 unspecified atom stereocenters. The van der Waals surface area contributed by atoms with Crippen LogP contribution in [0.1, 0.15) is 26.3 Å². The molecule has 0 fully saturated rings. The molecule has 17 heavy (non-hydrogen) atoms. The fourth-order valence-electron chi connectivity index (χ4n) is 1.42. The smallest absolute Gasteiger partial charge is 0.0766 e. The molecule has 0 bridgehead atoms. The largest absolute Gasteiger partial charge is 0.380 e. The van der Waals surface area contributed by atoms with Gasteiger partial charge in [0.25, 0.3) is 0 Å². The summed E-state index contributed by atoms with van der Waals surface area (Å²) < 4.78 is 5.15. The number of rotatable bonds is 4. The molecular weight excluding hydrogens is 210 g/mol. The molecule has 1 rings (SSSR count). The Kier molecular flexibility index (Phi) is 5.06. The lowest BCUT2D eigenvalue weighted by molar-refractivity contribution is 0.185. The summed E-state index contributed by atoms with van der Waals surface area (Å²) in [5.74, 6) is 6.34. The third kappa shape index (κ3) is 5.42. The van der Waals surface area contributed by atoms with Gasteiger partial charge < -0.3 is 10.1 Å². The monoisotopic (exact) mass is 231 g/mol. The molecule has 0 heterocycles. The second kappa shape index (κ2) is 6.32. The minimum atomic E-state index is 0.0632. The molecule has 0 radical (unpaired) electrons. The van der Waals surface area contributed by atoms with E-state index in [1.165, 1.54) is 0 Å². The lowest BCUT2D eigenvalue weighted by atomic mass is 9.98. The Morgan fingerprint density at radius 1 is 1.24 bits per heavy atom. The first-order valence-corrected chi connectivity index (χ1v) is 5.83. The van der Waals surface area contributed by atoms with Gasteiger partial charge in [-0.05, 0) is 26.8 Å². The van der Waals surface area contributed by atoms with Crippen molar-refractivity contribution in [3.63, 3.8) is 0 Å². The second-order valence-corrected chi connectivity index (χ2v) is 5.00. The summed E-state index contributed by atoms with van der Waals surface area (Å²) in [5.41, 5.74) is 2.32. The normalized spacial score (nSPS) is 10.6. The van der Waals surface area contributed by atoms with Crippen LogP contribution < -0.4 is 5.32 Å². The number of benzene rings is 1. The van der Waals surface area contributed by atoms with Crippen molar-refractivity contribution in [3.8, 4) is 11.8 Å². The Hall–Kier alpha value is -1.46. The van der Waals surface area contributed by atoms with Gasteiger partial charge in [-0.3, -0.25) is 0 Å². The van der Waals surface area contributed by atoms with Gasteiger partial charge in [-0.15, -0.1) is 0 Å². The highest BCUT2D eigenvalue weighted by atomic mass is 16.5. The van der Waals surface area contributed by atoms with Crippen molar-refractivity contribution in [3.05, 3.63) is 29.8 Å². The summed E-state index contributed by atoms with van der Waals surface area (Å²) >= 11 is 0. The molecule has 0 aliphatic heterocycles. The Morgan fingerprint density at radius 3 is 2.59 bits per heavy atom. The maximum atomic E-state index is 5.15. The molecule has 0 aromatic heterocycles. The van der Waals surface area contributed by atoms with Crippen molar-refractivity contribution in [1.29, 1.82) is 0 Å². The summed E-state index contributed by atoms with van der Waals surface area (Å²) in [4.78, 5) is 0. The van der Waals surface area contributed by atoms with E-state index in [0.29, 0.717) is 13.2 Å². The molecule has 1 aromatic carbocycles. The molecule has 0 saturated heterocycles. The number of methoxy groups -OCH3 is 1. The molecule has 1 aromatic rings. The first-order chi connectivity index (χ1) is 8.03. The molecule has 0 spiro atoms. The molecule has 0 aliphatic rings. The number of nitrogens with one attached hydrogen (secondary N) is 1. The lowest BCUT2D eigenvalue weighted by Gasteiger charge is -2.10. The molecule has 0 atom stereocenters. The van der Waals surface area contributed by atoms with Crippen molar-refractivity contribution in [1.82, 2.24) is 0 Å². The van der Waals surface area contributed by atoms with E-state index in [1.54, 1.807) is 7.11 Å². The predicted molar refractivity (Wildman–Crippen MR) is 72.9 cm³/mol. The Labute approximate surface area is 104 Å². The van der Waals surface area contributed by atoms with Gasteiger partial charge in [0.1, 0.15) is 0 Å². The minimum Gasteiger partial charge on any atom is -0.380 e. The van der Waals surface area contributed by atoms with E-state index in [0.717, 1.165) is 11.3 Å². The van der Waals surface area contributed by atoms with Gasteiger partial charge in [-0.2, -0.15) is 0 Å². The van der Waals surface area contributed by atoms with E-state index >= 15 is 0 Å². The van der Waals surface area contributed by atoms with Crippen molar-refractivity contribution in [2.45, 2.75) is 27.4 Å². The third-order valence-electron chi connectivity index (χ3n) is 2.15. The Bertz CT molecular complexity index is 407. The molecule has 1 N–H and O–H groups in total. The lowest BCUT2D eigenvalue weighted by Crippen LogP contribution is -2.05. The van der Waals surface area contributed by atoms with Crippen LogP contribution in [-0.4, -0.2) is 13.7 Å². The van der Waals surface area contributed by atoms with Gasteiger partial charge in [0, 0.05) is 23.8 Å². The summed E-state index contributed by atoms with van der Waals surface area (Å²) in [7, 11) is 1.70. The van der Waals surface area contributed by atoms with Crippen LogP contribution in [0.2, 0.25) is 0 Å². The minimum absolute atomic E-state index is 0.0632. The molecule has 2 heteroatoms. The zero-order chi connectivity index (χ0) is 12.7. The van der Waals surface area contributed by atoms with Gasteiger partial charge in [-0.1, -0.05) is 30.0 Å². The summed E-state index contributed by atoms with van der Waals surface area (Å²) in [6, 6.07) is 8.13. The fraction of sp³-hybridized carbons (Fsp3) is 0.467. The van der Waals surface area contributed by atoms with Gasteiger partial charge in [-0.25, -0.2) is 0 Å². The quantitative estimate of drug-likeness (QED) is 0.803. The van der Waals surface area contributed by atoms with Crippen molar-refractivity contribution >= 4 is 5.69 Å². The maximum absolute atomic E-state index is 5.15. The fourth-order valence-corrected chi connectivity index (χ4v) is 1.42. The molecule has 0 amide bonds. The standard InChI is InChI=1S/C15H21NO/c1-15(2,3)10-7-11-16-14-9-6-5-8-13(14)12-17-4/h5-6,8-9,16H,11-12H2,1-4H3. The van der Waals surface area contributed by atoms with Gasteiger partial charge >= 0.3 is 0 Å². The third-order valence-corrected chi connectivity index (χ3v) is 2.15. The number of ether oxygens (including phenoxy) is 1. The van der Waals surface area contributed by atoms with Crippen LogP contribution in [0.5, 0.6) is 0 Å². The topological polar surface area (TPSA) is 21.3 Å². The van der Waals surface area contributed by atoms with Crippen LogP contribution in [0.4, 0.5) is 5.69 Å². The molecule has 0 aliphatic carbocycles. The first-order valence-electron chi connectivity index (χ1n) is 5.83. The average Bonchev–Trinajstić information content (AvgIpc) is 2.25. The molecular formula is C15H21NO. The van der Waals surface area contributed by atoms with Crippen LogP contribution in [0.25, 0.3) is 0 Å². The van der Waals surface area contributed by atoms with Crippen LogP contribution >= 0.6 is 0 Å². The summed E-state index contributed by atoms with van der Waals surface area (Å²) in [5, 5.41) is 3.32. The SMILES string of the molecule is COCc1ccccc1NCC#CC(C)(C)C. The van der Waals surface area contributed by atoms with Crippen LogP contribution in [-0.2, 0) is 11.3 Å². The summed E-state index contributed by atoms with van der Waals surface area (Å²) in [6.07, 6.45) is 0. The highest BCUT2D eigenvalue weighted by molar-refractivity contribution is 5.51. The van der Waals surface area contributed by atoms with Crippen LogP contribution in [0.3, 0.4) is 0 Å². The number of anilines is 1. The highest BCUT2D eigenvalue weighted by Gasteiger charge is 2.03. The zero-order valence-electron chi connectivity index (χ0n) is 11.1. The van der Waals surface area contributed by atoms with Gasteiger partial charge in [0.05, 0.1) is 13.2 Å². The van der Waals surface area contributed by atoms with Crippen molar-refractivity contribution < 1.29 is 4.74 Å². The van der Waals surface area contributed by atoms with E-state index in [-0.39, 0.29) is 5.41 Å². The maximum Gasteiger partial charge on any atom is 0.0766 e. The first kappa shape index (κ1) is 13.6. The van der Waals surface area contributed by atoms with Crippen molar-refractivity contribution in [2.75, 3.05) is 19.0 Å². The summed E-state index contributed by atoms with van der Waals surface area (Å²) in [6.45, 7) is 7.62. The predicted octanol–water partition coefficient (Wildman–Crippen LogP) is 3.29. The Balaban J connectivity index is 2.59. The molecule has 92 valence electrons. The molecule has 2 nitrogen and oxygen atoms in total. The van der Waals surface area contributed by atoms with E-state index in [1.807, 2.05) is 18.2 Å². The Morgan fingerprint density at radius 2 is 1.94 bits per heavy atom. The second-order valence-electron chi connectivity index (χ2n) is 5.00. The van der Waals surface area contributed by atoms with E-state index in [4.69, 9.17) is 4.74 Å². The average molecular weight is 231 g/mol. The van der Waals surface area contributed by atoms with Crippen LogP contribution in [0.15, 0.2) is 24.3 Å². The van der Waals surface area contributed by atoms with Crippen LogP contribution in [0, 0.1) is 17.3 Å². The van der Waals surface area contributed by atoms with E-state index in [9.17, 15) is 0 Å². The van der Waals surface area contributed by atoms with Crippen molar-refractivity contribution in [2.24, 2.45) is 5.41 Å². The van der Waals surface area contributed by atoms with E-state index < -0.39 is 0 Å². The van der Waals surface area contributed by atoms with Gasteiger partial charge in [0.15, 0.2) is 0 Å². The number of hydrogen-bond acceptors (Lipinski definition) is 2. The zero-order valence-corrected chi connectivity index (χ0v) is 11.1. The number of para-hydroxylation sites is 1. The van der Waals surface area contributed by atoms with Gasteiger partial charge in [0.2, 0.25) is 0 Å². The molecule has 0 saturated carbocycles. The number of hydrogen-bond donors (Lipinski definition) is 1. The highest BCUT2D eigenvalue weighted by Crippen LogP contribution is 2.15. The van der Waals surface area contributed by atoms with E-state index in [2.05, 4.69) is 44.0 Å².